The number of carbonyl (C=O) groups excluding carboxylic acids is 1. The Morgan fingerprint density at radius 3 is 2.22 bits per heavy atom. The van der Waals surface area contributed by atoms with Gasteiger partial charge in [0.2, 0.25) is 5.78 Å². The van der Waals surface area contributed by atoms with Crippen molar-refractivity contribution in [2.45, 2.75) is 0 Å². The van der Waals surface area contributed by atoms with Gasteiger partial charge in [-0.15, -0.1) is 16.4 Å². The van der Waals surface area contributed by atoms with Crippen LogP contribution in [-0.2, 0) is 0 Å². The number of Topliss-reactive ketones (excluding diaryl/α,β-unsaturated/α-hetero) is 1. The van der Waals surface area contributed by atoms with Crippen LogP contribution in [0.1, 0.15) is 20.8 Å². The first kappa shape index (κ1) is 15.0. The number of benzene rings is 2. The highest BCUT2D eigenvalue weighted by atomic mass is 32.1. The highest BCUT2D eigenvalue weighted by Gasteiger charge is 2.15. The van der Waals surface area contributed by atoms with Gasteiger partial charge in [-0.2, -0.15) is 5.10 Å². The van der Waals surface area contributed by atoms with Crippen LogP contribution in [0.25, 0.3) is 0 Å². The molecule has 0 radical (unpaired) electrons. The van der Waals surface area contributed by atoms with Crippen molar-refractivity contribution in [2.24, 2.45) is 10.2 Å². The van der Waals surface area contributed by atoms with E-state index in [0.717, 1.165) is 10.4 Å². The monoisotopic (exact) mass is 319 g/mol. The van der Waals surface area contributed by atoms with Crippen LogP contribution >= 0.6 is 11.3 Å². The van der Waals surface area contributed by atoms with Gasteiger partial charge < -0.3 is 0 Å². The van der Waals surface area contributed by atoms with Crippen molar-refractivity contribution in [1.29, 1.82) is 0 Å². The standard InChI is InChI=1S/C18H13N3OS/c22-18(15-9-5-2-6-10-15)17(14-7-3-1-4-8-14)21-20-12-16-11-19-13-23-16/h1-13H/b20-12+,21-17+. The fourth-order valence-corrected chi connectivity index (χ4v) is 2.46. The maximum atomic E-state index is 12.7. The molecule has 0 aliphatic heterocycles. The third-order valence-corrected chi connectivity index (χ3v) is 3.80. The molecule has 0 N–H and O–H groups in total. The summed E-state index contributed by atoms with van der Waals surface area (Å²) in [6.07, 6.45) is 3.30. The Morgan fingerprint density at radius 1 is 0.957 bits per heavy atom. The second-order valence-electron chi connectivity index (χ2n) is 4.66. The van der Waals surface area contributed by atoms with E-state index in [0.29, 0.717) is 11.3 Å². The average Bonchev–Trinajstić information content (AvgIpc) is 3.13. The predicted octanol–water partition coefficient (Wildman–Crippen LogP) is 3.85. The van der Waals surface area contributed by atoms with Gasteiger partial charge in [-0.05, 0) is 0 Å². The zero-order valence-corrected chi connectivity index (χ0v) is 13.0. The Bertz CT molecular complexity index is 825. The van der Waals surface area contributed by atoms with Crippen molar-refractivity contribution in [3.05, 3.63) is 88.4 Å². The molecule has 0 aliphatic carbocycles. The lowest BCUT2D eigenvalue weighted by molar-refractivity contribution is 0.106. The summed E-state index contributed by atoms with van der Waals surface area (Å²) in [4.78, 5) is 17.6. The van der Waals surface area contributed by atoms with Gasteiger partial charge in [0.15, 0.2) is 0 Å². The fraction of sp³-hybridized carbons (Fsp3) is 0. The minimum atomic E-state index is -0.154. The Balaban J connectivity index is 1.96. The van der Waals surface area contributed by atoms with E-state index >= 15 is 0 Å². The van der Waals surface area contributed by atoms with Gasteiger partial charge in [0.1, 0.15) is 5.71 Å². The van der Waals surface area contributed by atoms with E-state index in [4.69, 9.17) is 0 Å². The normalized spacial score (nSPS) is 11.7. The van der Waals surface area contributed by atoms with Crippen molar-refractivity contribution in [3.63, 3.8) is 0 Å². The van der Waals surface area contributed by atoms with Crippen molar-refractivity contribution in [3.8, 4) is 0 Å². The summed E-state index contributed by atoms with van der Waals surface area (Å²) >= 11 is 1.46. The van der Waals surface area contributed by atoms with E-state index in [1.54, 1.807) is 30.1 Å². The number of thiazole rings is 1. The summed E-state index contributed by atoms with van der Waals surface area (Å²) in [5.74, 6) is -0.154. The first-order chi connectivity index (χ1) is 11.3. The van der Waals surface area contributed by atoms with Crippen molar-refractivity contribution in [1.82, 2.24) is 4.98 Å². The molecule has 3 aromatic rings. The molecule has 0 amide bonds. The van der Waals surface area contributed by atoms with E-state index in [-0.39, 0.29) is 5.78 Å². The number of rotatable bonds is 5. The Morgan fingerprint density at radius 2 is 1.61 bits per heavy atom. The maximum absolute atomic E-state index is 12.7. The lowest BCUT2D eigenvalue weighted by Crippen LogP contribution is -2.15. The van der Waals surface area contributed by atoms with E-state index in [2.05, 4.69) is 15.2 Å². The summed E-state index contributed by atoms with van der Waals surface area (Å²) in [5, 5.41) is 8.21. The minimum Gasteiger partial charge on any atom is -0.287 e. The SMILES string of the molecule is O=C(/C(=N/N=C/c1cncs1)c1ccccc1)c1ccccc1. The van der Waals surface area contributed by atoms with Gasteiger partial charge in [-0.25, -0.2) is 0 Å². The Labute approximate surface area is 137 Å². The van der Waals surface area contributed by atoms with Crippen molar-refractivity contribution >= 4 is 29.0 Å². The first-order valence-electron chi connectivity index (χ1n) is 6.99. The largest absolute Gasteiger partial charge is 0.287 e. The van der Waals surface area contributed by atoms with Crippen molar-refractivity contribution in [2.75, 3.05) is 0 Å². The van der Waals surface area contributed by atoms with Crippen LogP contribution < -0.4 is 0 Å². The molecule has 5 heteroatoms. The predicted molar refractivity (Wildman–Crippen MR) is 93.5 cm³/mol. The molecule has 4 nitrogen and oxygen atoms in total. The number of carbonyl (C=O) groups is 1. The van der Waals surface area contributed by atoms with Gasteiger partial charge in [0.25, 0.3) is 0 Å². The number of hydrogen-bond donors (Lipinski definition) is 0. The summed E-state index contributed by atoms with van der Waals surface area (Å²) in [6, 6.07) is 18.4. The quantitative estimate of drug-likeness (QED) is 0.407. The van der Waals surface area contributed by atoms with Crippen LogP contribution in [0.15, 0.2) is 82.6 Å². The zero-order chi connectivity index (χ0) is 15.9. The maximum Gasteiger partial charge on any atom is 0.213 e. The lowest BCUT2D eigenvalue weighted by atomic mass is 10.0. The number of nitrogens with zero attached hydrogens (tertiary/aromatic N) is 3. The fourth-order valence-electron chi connectivity index (χ4n) is 1.99. The molecule has 0 bridgehead atoms. The number of ketones is 1. The molecule has 0 saturated carbocycles. The average molecular weight is 319 g/mol. The molecule has 0 fully saturated rings. The molecular formula is C18H13N3OS. The molecular weight excluding hydrogens is 306 g/mol. The second-order valence-corrected chi connectivity index (χ2v) is 5.58. The van der Waals surface area contributed by atoms with E-state index in [1.807, 2.05) is 48.5 Å². The van der Waals surface area contributed by atoms with Crippen LogP contribution in [0.5, 0.6) is 0 Å². The molecule has 1 heterocycles. The van der Waals surface area contributed by atoms with Gasteiger partial charge in [0.05, 0.1) is 16.6 Å². The topological polar surface area (TPSA) is 54.7 Å². The lowest BCUT2D eigenvalue weighted by Gasteiger charge is -2.04. The third-order valence-electron chi connectivity index (χ3n) is 3.09. The minimum absolute atomic E-state index is 0.154. The highest BCUT2D eigenvalue weighted by Crippen LogP contribution is 2.10. The summed E-state index contributed by atoms with van der Waals surface area (Å²) in [7, 11) is 0. The molecule has 2 aromatic carbocycles. The van der Waals surface area contributed by atoms with Gasteiger partial charge >= 0.3 is 0 Å². The number of aromatic nitrogens is 1. The van der Waals surface area contributed by atoms with E-state index in [1.165, 1.54) is 11.3 Å². The molecule has 0 aliphatic rings. The summed E-state index contributed by atoms with van der Waals surface area (Å²) in [5.41, 5.74) is 3.36. The van der Waals surface area contributed by atoms with Crippen LogP contribution in [0.2, 0.25) is 0 Å². The molecule has 0 unspecified atom stereocenters. The molecule has 112 valence electrons. The van der Waals surface area contributed by atoms with Gasteiger partial charge in [0, 0.05) is 17.3 Å². The summed E-state index contributed by atoms with van der Waals surface area (Å²) < 4.78 is 0. The van der Waals surface area contributed by atoms with Crippen LogP contribution in [0, 0.1) is 0 Å². The molecule has 0 atom stereocenters. The molecule has 1 aromatic heterocycles. The molecule has 0 saturated heterocycles. The second kappa shape index (κ2) is 7.38. The molecule has 3 rings (SSSR count). The van der Waals surface area contributed by atoms with Crippen LogP contribution in [0.3, 0.4) is 0 Å². The molecule has 0 spiro atoms. The highest BCUT2D eigenvalue weighted by molar-refractivity contribution is 7.11. The summed E-state index contributed by atoms with van der Waals surface area (Å²) in [6.45, 7) is 0. The molecule has 23 heavy (non-hydrogen) atoms. The Kier molecular flexibility index (Phi) is 4.81. The van der Waals surface area contributed by atoms with Crippen molar-refractivity contribution < 1.29 is 4.79 Å². The Hall–Kier alpha value is -2.92. The van der Waals surface area contributed by atoms with Crippen LogP contribution in [-0.4, -0.2) is 22.7 Å². The first-order valence-corrected chi connectivity index (χ1v) is 7.87. The third kappa shape index (κ3) is 3.84. The smallest absolute Gasteiger partial charge is 0.213 e. The van der Waals surface area contributed by atoms with Crippen LogP contribution in [0.4, 0.5) is 0 Å². The van der Waals surface area contributed by atoms with Gasteiger partial charge in [-0.1, -0.05) is 60.7 Å². The van der Waals surface area contributed by atoms with E-state index in [9.17, 15) is 4.79 Å². The van der Waals surface area contributed by atoms with Gasteiger partial charge in [-0.3, -0.25) is 9.78 Å². The van der Waals surface area contributed by atoms with E-state index < -0.39 is 0 Å². The zero-order valence-electron chi connectivity index (χ0n) is 12.2. The number of hydrogen-bond acceptors (Lipinski definition) is 5.